The van der Waals surface area contributed by atoms with Crippen LogP contribution in [0.2, 0.25) is 0 Å². The van der Waals surface area contributed by atoms with Crippen molar-refractivity contribution in [2.75, 3.05) is 18.5 Å². The van der Waals surface area contributed by atoms with E-state index >= 15 is 0 Å². The number of hydrogen-bond acceptors (Lipinski definition) is 3. The Hall–Kier alpha value is -1.55. The third-order valence-corrected chi connectivity index (χ3v) is 2.39. The van der Waals surface area contributed by atoms with Crippen LogP contribution in [0.3, 0.4) is 0 Å². The monoisotopic (exact) mass is 264 g/mol. The van der Waals surface area contributed by atoms with Crippen molar-refractivity contribution in [2.24, 2.45) is 5.92 Å². The number of benzene rings is 1. The van der Waals surface area contributed by atoms with Gasteiger partial charge in [-0.1, -0.05) is 27.7 Å². The van der Waals surface area contributed by atoms with Crippen molar-refractivity contribution >= 4 is 11.6 Å². The van der Waals surface area contributed by atoms with Crippen molar-refractivity contribution in [1.82, 2.24) is 5.32 Å². The van der Waals surface area contributed by atoms with Gasteiger partial charge in [0.2, 0.25) is 5.91 Å². The number of anilines is 1. The average Bonchev–Trinajstić information content (AvgIpc) is 2.35. The largest absolute Gasteiger partial charge is 0.493 e. The molecule has 19 heavy (non-hydrogen) atoms. The van der Waals surface area contributed by atoms with Gasteiger partial charge in [0.25, 0.3) is 0 Å². The zero-order valence-electron chi connectivity index (χ0n) is 12.2. The molecule has 0 aliphatic rings. The molecule has 0 heterocycles. The number of ether oxygens (including phenoxy) is 1. The Morgan fingerprint density at radius 3 is 2.32 bits per heavy atom. The summed E-state index contributed by atoms with van der Waals surface area (Å²) in [5.74, 6) is 1.29. The Kier molecular flexibility index (Phi) is 6.36. The van der Waals surface area contributed by atoms with Gasteiger partial charge in [0.05, 0.1) is 13.2 Å². The number of amides is 1. The molecular weight excluding hydrogens is 240 g/mol. The van der Waals surface area contributed by atoms with Crippen LogP contribution in [0.1, 0.15) is 27.7 Å². The number of carbonyl (C=O) groups excluding carboxylic acids is 1. The van der Waals surface area contributed by atoms with Crippen LogP contribution < -0.4 is 15.4 Å². The minimum atomic E-state index is -0.0375. The Morgan fingerprint density at radius 2 is 1.79 bits per heavy atom. The molecule has 0 spiro atoms. The molecule has 0 aliphatic carbocycles. The first-order valence-electron chi connectivity index (χ1n) is 6.73. The van der Waals surface area contributed by atoms with E-state index in [4.69, 9.17) is 4.74 Å². The predicted molar refractivity (Wildman–Crippen MR) is 78.5 cm³/mol. The fourth-order valence-electron chi connectivity index (χ4n) is 1.40. The molecule has 0 fully saturated rings. The second kappa shape index (κ2) is 7.79. The molecule has 1 aromatic carbocycles. The van der Waals surface area contributed by atoms with Gasteiger partial charge in [-0.2, -0.15) is 0 Å². The molecule has 0 aromatic heterocycles. The first-order valence-corrected chi connectivity index (χ1v) is 6.73. The highest BCUT2D eigenvalue weighted by molar-refractivity contribution is 5.92. The van der Waals surface area contributed by atoms with E-state index < -0.39 is 0 Å². The normalized spacial score (nSPS) is 10.8. The van der Waals surface area contributed by atoms with Crippen LogP contribution in [0.15, 0.2) is 24.3 Å². The maximum absolute atomic E-state index is 11.6. The minimum absolute atomic E-state index is 0.0375. The quantitative estimate of drug-likeness (QED) is 0.796. The maximum Gasteiger partial charge on any atom is 0.238 e. The summed E-state index contributed by atoms with van der Waals surface area (Å²) in [7, 11) is 0. The molecule has 1 rings (SSSR count). The average molecular weight is 264 g/mol. The summed E-state index contributed by atoms with van der Waals surface area (Å²) in [4.78, 5) is 11.6. The van der Waals surface area contributed by atoms with E-state index in [-0.39, 0.29) is 5.91 Å². The molecule has 1 aromatic rings. The number of rotatable bonds is 7. The van der Waals surface area contributed by atoms with Crippen LogP contribution >= 0.6 is 0 Å². The van der Waals surface area contributed by atoms with E-state index in [2.05, 4.69) is 24.5 Å². The van der Waals surface area contributed by atoms with Crippen molar-refractivity contribution in [3.8, 4) is 5.75 Å². The van der Waals surface area contributed by atoms with E-state index in [1.165, 1.54) is 0 Å². The lowest BCUT2D eigenvalue weighted by atomic mass is 10.2. The molecule has 1 amide bonds. The van der Waals surface area contributed by atoms with Crippen LogP contribution in [0, 0.1) is 5.92 Å². The van der Waals surface area contributed by atoms with Gasteiger partial charge in [-0.3, -0.25) is 4.79 Å². The number of hydrogen-bond donors (Lipinski definition) is 2. The molecule has 0 saturated carbocycles. The maximum atomic E-state index is 11.6. The fraction of sp³-hybridized carbons (Fsp3) is 0.533. The Bertz CT molecular complexity index is 386. The van der Waals surface area contributed by atoms with Gasteiger partial charge in [0.15, 0.2) is 0 Å². The lowest BCUT2D eigenvalue weighted by Gasteiger charge is -2.11. The zero-order valence-corrected chi connectivity index (χ0v) is 12.2. The van der Waals surface area contributed by atoms with Crippen molar-refractivity contribution in [1.29, 1.82) is 0 Å². The third kappa shape index (κ3) is 6.82. The number of nitrogens with one attached hydrogen (secondary N) is 2. The topological polar surface area (TPSA) is 50.4 Å². The van der Waals surface area contributed by atoms with E-state index in [0.717, 1.165) is 11.4 Å². The molecule has 0 aliphatic heterocycles. The lowest BCUT2D eigenvalue weighted by molar-refractivity contribution is -0.115. The summed E-state index contributed by atoms with van der Waals surface area (Å²) < 4.78 is 5.58. The van der Waals surface area contributed by atoms with E-state index in [9.17, 15) is 4.79 Å². The summed E-state index contributed by atoms with van der Waals surface area (Å²) in [6, 6.07) is 7.74. The van der Waals surface area contributed by atoms with Crippen LogP contribution in [0.5, 0.6) is 5.75 Å². The van der Waals surface area contributed by atoms with Crippen molar-refractivity contribution in [2.45, 2.75) is 33.7 Å². The smallest absolute Gasteiger partial charge is 0.238 e. The molecule has 0 unspecified atom stereocenters. The minimum Gasteiger partial charge on any atom is -0.493 e. The van der Waals surface area contributed by atoms with Gasteiger partial charge < -0.3 is 15.4 Å². The van der Waals surface area contributed by atoms with Crippen molar-refractivity contribution < 1.29 is 9.53 Å². The summed E-state index contributed by atoms with van der Waals surface area (Å²) in [6.07, 6.45) is 0. The van der Waals surface area contributed by atoms with E-state index in [1.807, 2.05) is 38.1 Å². The number of carbonyl (C=O) groups is 1. The van der Waals surface area contributed by atoms with Gasteiger partial charge in [-0.15, -0.1) is 0 Å². The Balaban J connectivity index is 2.41. The summed E-state index contributed by atoms with van der Waals surface area (Å²) in [5, 5.41) is 5.91. The molecule has 0 saturated heterocycles. The molecule has 0 radical (unpaired) electrons. The Morgan fingerprint density at radius 1 is 1.16 bits per heavy atom. The van der Waals surface area contributed by atoms with Gasteiger partial charge in [-0.05, 0) is 30.2 Å². The molecule has 0 bridgehead atoms. The molecule has 4 heteroatoms. The van der Waals surface area contributed by atoms with E-state index in [1.54, 1.807) is 0 Å². The second-order valence-corrected chi connectivity index (χ2v) is 5.31. The standard InChI is InChI=1S/C15H24N2O2/c1-11(2)10-19-14-7-5-13(6-8-14)17-15(18)9-16-12(3)4/h5-8,11-12,16H,9-10H2,1-4H3,(H,17,18). The molecule has 2 N–H and O–H groups in total. The highest BCUT2D eigenvalue weighted by atomic mass is 16.5. The van der Waals surface area contributed by atoms with Gasteiger partial charge in [0.1, 0.15) is 5.75 Å². The summed E-state index contributed by atoms with van der Waals surface area (Å²) in [6.45, 7) is 9.25. The highest BCUT2D eigenvalue weighted by Gasteiger charge is 2.03. The van der Waals surface area contributed by atoms with Crippen LogP contribution in [-0.4, -0.2) is 25.1 Å². The van der Waals surface area contributed by atoms with Gasteiger partial charge >= 0.3 is 0 Å². The van der Waals surface area contributed by atoms with Gasteiger partial charge in [0, 0.05) is 11.7 Å². The molecular formula is C15H24N2O2. The summed E-state index contributed by atoms with van der Waals surface area (Å²) in [5.41, 5.74) is 0.785. The molecule has 0 atom stereocenters. The second-order valence-electron chi connectivity index (χ2n) is 5.31. The SMILES string of the molecule is CC(C)COc1ccc(NC(=O)CNC(C)C)cc1. The first kappa shape index (κ1) is 15.5. The van der Waals surface area contributed by atoms with Crippen LogP contribution in [-0.2, 0) is 4.79 Å². The molecule has 4 nitrogen and oxygen atoms in total. The third-order valence-electron chi connectivity index (χ3n) is 2.39. The van der Waals surface area contributed by atoms with Crippen molar-refractivity contribution in [3.05, 3.63) is 24.3 Å². The van der Waals surface area contributed by atoms with E-state index in [0.29, 0.717) is 25.1 Å². The Labute approximate surface area is 115 Å². The lowest BCUT2D eigenvalue weighted by Crippen LogP contribution is -2.32. The zero-order chi connectivity index (χ0) is 14.3. The molecule has 106 valence electrons. The highest BCUT2D eigenvalue weighted by Crippen LogP contribution is 2.16. The first-order chi connectivity index (χ1) is 8.97. The predicted octanol–water partition coefficient (Wildman–Crippen LogP) is 2.66. The fourth-order valence-corrected chi connectivity index (χ4v) is 1.40. The van der Waals surface area contributed by atoms with Gasteiger partial charge in [-0.25, -0.2) is 0 Å². The van der Waals surface area contributed by atoms with Crippen molar-refractivity contribution in [3.63, 3.8) is 0 Å². The van der Waals surface area contributed by atoms with Crippen LogP contribution in [0.4, 0.5) is 5.69 Å². The summed E-state index contributed by atoms with van der Waals surface area (Å²) >= 11 is 0. The van der Waals surface area contributed by atoms with Crippen LogP contribution in [0.25, 0.3) is 0 Å².